The fraction of sp³-hybridized carbons (Fsp3) is 0.933. The minimum atomic E-state index is 0.0723. The Labute approximate surface area is 121 Å². The first kappa shape index (κ1) is 15.2. The second kappa shape index (κ2) is 6.49. The Morgan fingerprint density at radius 3 is 2.63 bits per heavy atom. The molecular weight excluding hydrogens is 256 g/mol. The first-order valence-electron chi connectivity index (χ1n) is 7.68. The third kappa shape index (κ3) is 3.46. The fourth-order valence-electron chi connectivity index (χ4n) is 3.42. The molecule has 3 nitrogen and oxygen atoms in total. The fourth-order valence-corrected chi connectivity index (χ4v) is 4.52. The largest absolute Gasteiger partial charge is 0.338 e. The number of hydrogen-bond donors (Lipinski definition) is 1. The highest BCUT2D eigenvalue weighted by atomic mass is 32.2. The summed E-state index contributed by atoms with van der Waals surface area (Å²) in [5.74, 6) is 1.44. The van der Waals surface area contributed by atoms with Gasteiger partial charge in [0, 0.05) is 35.5 Å². The van der Waals surface area contributed by atoms with Crippen molar-refractivity contribution in [3.8, 4) is 0 Å². The van der Waals surface area contributed by atoms with Crippen molar-refractivity contribution in [1.29, 1.82) is 0 Å². The van der Waals surface area contributed by atoms with Crippen molar-refractivity contribution in [2.45, 2.75) is 69.2 Å². The zero-order chi connectivity index (χ0) is 13.9. The van der Waals surface area contributed by atoms with Gasteiger partial charge in [-0.2, -0.15) is 11.8 Å². The number of hydrogen-bond acceptors (Lipinski definition) is 3. The molecule has 1 saturated carbocycles. The number of carbonyl (C=O) groups excluding carboxylic acids is 1. The summed E-state index contributed by atoms with van der Waals surface area (Å²) in [5.41, 5.74) is 0.0723. The Balaban J connectivity index is 1.98. The molecule has 19 heavy (non-hydrogen) atoms. The van der Waals surface area contributed by atoms with Crippen LogP contribution in [0.25, 0.3) is 0 Å². The molecule has 0 spiro atoms. The molecule has 2 unspecified atom stereocenters. The summed E-state index contributed by atoms with van der Waals surface area (Å²) >= 11 is 1.99. The quantitative estimate of drug-likeness (QED) is 0.865. The first-order chi connectivity index (χ1) is 9.08. The van der Waals surface area contributed by atoms with Crippen LogP contribution in [-0.2, 0) is 4.79 Å². The Morgan fingerprint density at radius 2 is 2.00 bits per heavy atom. The summed E-state index contributed by atoms with van der Waals surface area (Å²) in [5, 5.41) is 4.03. The Hall–Kier alpha value is -0.220. The van der Waals surface area contributed by atoms with Crippen molar-refractivity contribution in [2.24, 2.45) is 0 Å². The van der Waals surface area contributed by atoms with Crippen molar-refractivity contribution < 1.29 is 4.79 Å². The van der Waals surface area contributed by atoms with E-state index in [1.807, 2.05) is 18.8 Å². The van der Waals surface area contributed by atoms with Crippen LogP contribution < -0.4 is 5.32 Å². The maximum Gasteiger partial charge on any atom is 0.224 e. The molecule has 2 aliphatic rings. The molecule has 1 saturated heterocycles. The number of thioether (sulfide) groups is 1. The van der Waals surface area contributed by atoms with Crippen LogP contribution in [0.15, 0.2) is 0 Å². The molecule has 0 aromatic carbocycles. The second-order valence-corrected chi connectivity index (χ2v) is 7.66. The molecule has 1 amide bonds. The van der Waals surface area contributed by atoms with Crippen molar-refractivity contribution in [1.82, 2.24) is 10.2 Å². The van der Waals surface area contributed by atoms with E-state index in [9.17, 15) is 4.79 Å². The topological polar surface area (TPSA) is 32.3 Å². The van der Waals surface area contributed by atoms with Gasteiger partial charge in [-0.25, -0.2) is 0 Å². The van der Waals surface area contributed by atoms with Crippen LogP contribution in [0.1, 0.15) is 52.4 Å². The molecule has 0 aromatic rings. The minimum Gasteiger partial charge on any atom is -0.338 e. The maximum atomic E-state index is 12.7. The highest BCUT2D eigenvalue weighted by Gasteiger charge is 2.36. The van der Waals surface area contributed by atoms with Crippen LogP contribution in [0.5, 0.6) is 0 Å². The highest BCUT2D eigenvalue weighted by Crippen LogP contribution is 2.32. The zero-order valence-electron chi connectivity index (χ0n) is 12.6. The lowest BCUT2D eigenvalue weighted by molar-refractivity contribution is -0.135. The van der Waals surface area contributed by atoms with Gasteiger partial charge in [0.15, 0.2) is 0 Å². The smallest absolute Gasteiger partial charge is 0.224 e. The normalized spacial score (nSPS) is 31.2. The molecule has 1 N–H and O–H groups in total. The standard InChI is InChI=1S/C15H28N2OS/c1-12-13(2)19-10-9-17(12)14(18)11-15(16-3)7-5-4-6-8-15/h12-13,16H,4-11H2,1-3H3. The van der Waals surface area contributed by atoms with E-state index in [-0.39, 0.29) is 5.54 Å². The summed E-state index contributed by atoms with van der Waals surface area (Å²) in [6, 6.07) is 0.378. The molecule has 1 heterocycles. The number of rotatable bonds is 3. The summed E-state index contributed by atoms with van der Waals surface area (Å²) in [6.45, 7) is 5.36. The van der Waals surface area contributed by atoms with E-state index in [0.717, 1.165) is 25.1 Å². The van der Waals surface area contributed by atoms with Gasteiger partial charge in [0.25, 0.3) is 0 Å². The summed E-state index contributed by atoms with van der Waals surface area (Å²) in [4.78, 5) is 14.8. The van der Waals surface area contributed by atoms with Gasteiger partial charge in [-0.15, -0.1) is 0 Å². The van der Waals surface area contributed by atoms with Crippen molar-refractivity contribution in [3.05, 3.63) is 0 Å². The third-order valence-corrected chi connectivity index (χ3v) is 6.37. The molecular formula is C15H28N2OS. The van der Waals surface area contributed by atoms with Gasteiger partial charge in [0.05, 0.1) is 0 Å². The molecule has 110 valence electrons. The number of nitrogens with zero attached hydrogens (tertiary/aromatic N) is 1. The van der Waals surface area contributed by atoms with Crippen molar-refractivity contribution in [3.63, 3.8) is 0 Å². The maximum absolute atomic E-state index is 12.7. The van der Waals surface area contributed by atoms with Gasteiger partial charge in [0.2, 0.25) is 5.91 Å². The van der Waals surface area contributed by atoms with E-state index in [0.29, 0.717) is 23.6 Å². The third-order valence-electron chi connectivity index (χ3n) is 5.03. The molecule has 2 rings (SSSR count). The average molecular weight is 284 g/mol. The average Bonchev–Trinajstić information content (AvgIpc) is 2.42. The lowest BCUT2D eigenvalue weighted by Gasteiger charge is -2.42. The van der Waals surface area contributed by atoms with Crippen LogP contribution in [0, 0.1) is 0 Å². The van der Waals surface area contributed by atoms with E-state index in [1.54, 1.807) is 0 Å². The van der Waals surface area contributed by atoms with Crippen molar-refractivity contribution in [2.75, 3.05) is 19.3 Å². The highest BCUT2D eigenvalue weighted by molar-refractivity contribution is 8.00. The lowest BCUT2D eigenvalue weighted by atomic mass is 9.79. The van der Waals surface area contributed by atoms with Crippen LogP contribution in [0.2, 0.25) is 0 Å². The Kier molecular flexibility index (Phi) is 5.18. The molecule has 0 aromatic heterocycles. The van der Waals surface area contributed by atoms with Crippen molar-refractivity contribution >= 4 is 17.7 Å². The Morgan fingerprint density at radius 1 is 1.32 bits per heavy atom. The number of nitrogens with one attached hydrogen (secondary N) is 1. The van der Waals surface area contributed by atoms with Crippen LogP contribution in [0.4, 0.5) is 0 Å². The van der Waals surface area contributed by atoms with Gasteiger partial charge in [0.1, 0.15) is 0 Å². The number of amides is 1. The molecule has 2 fully saturated rings. The van der Waals surface area contributed by atoms with Gasteiger partial charge in [-0.05, 0) is 26.8 Å². The minimum absolute atomic E-state index is 0.0723. The lowest BCUT2D eigenvalue weighted by Crippen LogP contribution is -2.53. The molecule has 4 heteroatoms. The van der Waals surface area contributed by atoms with Crippen LogP contribution in [-0.4, -0.2) is 47.0 Å². The van der Waals surface area contributed by atoms with Gasteiger partial charge < -0.3 is 10.2 Å². The van der Waals surface area contributed by atoms with Gasteiger partial charge >= 0.3 is 0 Å². The van der Waals surface area contributed by atoms with E-state index >= 15 is 0 Å². The zero-order valence-corrected chi connectivity index (χ0v) is 13.4. The van der Waals surface area contributed by atoms with Gasteiger partial charge in [-0.3, -0.25) is 4.79 Å². The molecule has 2 atom stereocenters. The SMILES string of the molecule is CNC1(CC(=O)N2CCSC(C)C2C)CCCCC1. The Bertz CT molecular complexity index is 315. The first-order valence-corrected chi connectivity index (χ1v) is 8.73. The van der Waals surface area contributed by atoms with Gasteiger partial charge in [-0.1, -0.05) is 26.2 Å². The summed E-state index contributed by atoms with van der Waals surface area (Å²) in [7, 11) is 2.02. The summed E-state index contributed by atoms with van der Waals surface area (Å²) in [6.07, 6.45) is 6.84. The molecule has 0 bridgehead atoms. The van der Waals surface area contributed by atoms with Crippen LogP contribution in [0.3, 0.4) is 0 Å². The molecule has 0 radical (unpaired) electrons. The van der Waals surface area contributed by atoms with E-state index in [4.69, 9.17) is 0 Å². The van der Waals surface area contributed by atoms with E-state index < -0.39 is 0 Å². The predicted octanol–water partition coefficient (Wildman–Crippen LogP) is 2.65. The summed E-state index contributed by atoms with van der Waals surface area (Å²) < 4.78 is 0. The molecule has 1 aliphatic carbocycles. The second-order valence-electron chi connectivity index (χ2n) is 6.17. The molecule has 1 aliphatic heterocycles. The monoisotopic (exact) mass is 284 g/mol. The van der Waals surface area contributed by atoms with Crippen LogP contribution >= 0.6 is 11.8 Å². The number of carbonyl (C=O) groups is 1. The van der Waals surface area contributed by atoms with E-state index in [2.05, 4.69) is 24.1 Å². The predicted molar refractivity (Wildman–Crippen MR) is 82.6 cm³/mol. The van der Waals surface area contributed by atoms with E-state index in [1.165, 1.54) is 19.3 Å².